The van der Waals surface area contributed by atoms with Gasteiger partial charge in [0.25, 0.3) is 0 Å². The molecule has 5 heteroatoms. The summed E-state index contributed by atoms with van der Waals surface area (Å²) in [6, 6.07) is -0.427. The lowest BCUT2D eigenvalue weighted by Gasteiger charge is -2.15. The van der Waals surface area contributed by atoms with Gasteiger partial charge in [-0.05, 0) is 0 Å². The van der Waals surface area contributed by atoms with Gasteiger partial charge >= 0.3 is 0 Å². The van der Waals surface area contributed by atoms with Gasteiger partial charge in [-0.25, -0.2) is 0 Å². The highest BCUT2D eigenvalue weighted by Crippen LogP contribution is 1.95. The van der Waals surface area contributed by atoms with Crippen molar-refractivity contribution >= 4 is 22.6 Å². The van der Waals surface area contributed by atoms with Crippen LogP contribution in [0, 0.1) is 0 Å². The van der Waals surface area contributed by atoms with E-state index in [1.165, 1.54) is 6.20 Å². The number of rotatable bonds is 4. The molecule has 0 bridgehead atoms. The Balaban J connectivity index is 3.60. The fraction of sp³-hybridized carbons (Fsp3) is 0.600. The molecule has 0 saturated heterocycles. The van der Waals surface area contributed by atoms with Crippen molar-refractivity contribution in [2.24, 2.45) is 0 Å². The third kappa shape index (κ3) is 3.91. The zero-order chi connectivity index (χ0) is 7.98. The molecule has 60 valence electrons. The van der Waals surface area contributed by atoms with Crippen LogP contribution >= 0.6 is 22.6 Å². The van der Waals surface area contributed by atoms with Crippen molar-refractivity contribution in [1.82, 2.24) is 5.32 Å². The Kier molecular flexibility index (Phi) is 5.74. The number of aliphatic hydroxyl groups is 3. The molecule has 0 saturated carbocycles. The number of hydrogen-bond donors (Lipinski definition) is 4. The minimum absolute atomic E-state index is 0.427. The monoisotopic (exact) mass is 259 g/mol. The van der Waals surface area contributed by atoms with E-state index in [4.69, 9.17) is 15.3 Å². The second-order valence-electron chi connectivity index (χ2n) is 1.66. The van der Waals surface area contributed by atoms with Crippen LogP contribution in [-0.4, -0.2) is 32.1 Å². The maximum absolute atomic E-state index is 8.61. The van der Waals surface area contributed by atoms with Crippen LogP contribution in [0.4, 0.5) is 0 Å². The molecular formula is C5H10INO3. The van der Waals surface area contributed by atoms with Crippen LogP contribution in [0.3, 0.4) is 0 Å². The number of halogens is 1. The smallest absolute Gasteiger partial charge is 0.172 e. The Hall–Kier alpha value is -0.0100. The normalized spacial score (nSPS) is 14.4. The largest absolute Gasteiger partial charge is 0.514 e. The van der Waals surface area contributed by atoms with Crippen LogP contribution in [0.2, 0.25) is 0 Å². The van der Waals surface area contributed by atoms with Gasteiger partial charge in [-0.1, -0.05) is 22.6 Å². The fourth-order valence-electron chi connectivity index (χ4n) is 0.377. The minimum Gasteiger partial charge on any atom is -0.514 e. The topological polar surface area (TPSA) is 72.7 Å². The molecule has 0 aliphatic rings. The first-order valence-corrected chi connectivity index (χ1v) is 4.22. The quantitative estimate of drug-likeness (QED) is 0.242. The summed E-state index contributed by atoms with van der Waals surface area (Å²) in [5.74, 6) is 0. The van der Waals surface area contributed by atoms with E-state index in [1.807, 2.05) is 22.6 Å². The molecule has 4 nitrogen and oxygen atoms in total. The first-order valence-electron chi connectivity index (χ1n) is 2.69. The molecule has 0 radical (unpaired) electrons. The summed E-state index contributed by atoms with van der Waals surface area (Å²) in [5.41, 5.74) is 0. The predicted molar refractivity (Wildman–Crippen MR) is 45.8 cm³/mol. The van der Waals surface area contributed by atoms with E-state index in [0.717, 1.165) is 6.26 Å². The van der Waals surface area contributed by atoms with Gasteiger partial charge in [0.2, 0.25) is 0 Å². The molecule has 0 aromatic rings. The van der Waals surface area contributed by atoms with Gasteiger partial charge < -0.3 is 20.6 Å². The van der Waals surface area contributed by atoms with Gasteiger partial charge in [0, 0.05) is 10.6 Å². The molecule has 0 aromatic carbocycles. The number of alkyl halides is 1. The Labute approximate surface area is 72.7 Å². The van der Waals surface area contributed by atoms with Crippen LogP contribution in [0.25, 0.3) is 0 Å². The Morgan fingerprint density at radius 2 is 2.10 bits per heavy atom. The summed E-state index contributed by atoms with van der Waals surface area (Å²) in [5, 5.41) is 28.0. The highest BCUT2D eigenvalue weighted by molar-refractivity contribution is 14.1. The summed E-state index contributed by atoms with van der Waals surface area (Å²) in [7, 11) is 0. The molecule has 1 unspecified atom stereocenters. The molecule has 0 fully saturated rings. The van der Waals surface area contributed by atoms with E-state index in [0.29, 0.717) is 4.43 Å². The second-order valence-corrected chi connectivity index (χ2v) is 2.54. The van der Waals surface area contributed by atoms with Crippen molar-refractivity contribution in [1.29, 1.82) is 0 Å². The van der Waals surface area contributed by atoms with Crippen LogP contribution in [0.1, 0.15) is 0 Å². The molecule has 0 aliphatic carbocycles. The lowest BCUT2D eigenvalue weighted by molar-refractivity contribution is -0.0578. The van der Waals surface area contributed by atoms with E-state index in [1.54, 1.807) is 0 Å². The molecule has 0 aliphatic heterocycles. The van der Waals surface area contributed by atoms with E-state index in [2.05, 4.69) is 5.32 Å². The third-order valence-electron chi connectivity index (χ3n) is 0.911. The van der Waals surface area contributed by atoms with E-state index in [-0.39, 0.29) is 0 Å². The molecule has 0 rings (SSSR count). The summed E-state index contributed by atoms with van der Waals surface area (Å²) in [6.07, 6.45) is 0.665. The third-order valence-corrected chi connectivity index (χ3v) is 1.86. The van der Waals surface area contributed by atoms with Crippen molar-refractivity contribution in [3.63, 3.8) is 0 Å². The van der Waals surface area contributed by atoms with Crippen LogP contribution in [-0.2, 0) is 0 Å². The van der Waals surface area contributed by atoms with Crippen LogP contribution in [0.5, 0.6) is 0 Å². The lowest BCUT2D eigenvalue weighted by atomic mass is 10.3. The number of nitrogens with one attached hydrogen (secondary N) is 1. The zero-order valence-electron chi connectivity index (χ0n) is 5.24. The molecular weight excluding hydrogens is 249 g/mol. The highest BCUT2D eigenvalue weighted by atomic mass is 127. The number of hydrogen-bond acceptors (Lipinski definition) is 4. The van der Waals surface area contributed by atoms with Crippen molar-refractivity contribution in [2.45, 2.75) is 12.3 Å². The summed E-state index contributed by atoms with van der Waals surface area (Å²) < 4.78 is 0.555. The summed E-state index contributed by atoms with van der Waals surface area (Å²) >= 11 is 2.01. The van der Waals surface area contributed by atoms with Gasteiger partial charge in [-0.15, -0.1) is 0 Å². The number of aliphatic hydroxyl groups excluding tert-OH is 2. The van der Waals surface area contributed by atoms with E-state index < -0.39 is 12.3 Å². The van der Waals surface area contributed by atoms with Crippen molar-refractivity contribution < 1.29 is 15.3 Å². The van der Waals surface area contributed by atoms with Crippen LogP contribution in [0.15, 0.2) is 12.5 Å². The maximum atomic E-state index is 8.61. The lowest BCUT2D eigenvalue weighted by Crippen LogP contribution is -2.38. The Bertz CT molecular complexity index is 107. The second kappa shape index (κ2) is 5.75. The minimum atomic E-state index is -1.40. The van der Waals surface area contributed by atoms with E-state index in [9.17, 15) is 0 Å². The molecule has 0 spiro atoms. The van der Waals surface area contributed by atoms with Crippen molar-refractivity contribution in [3.05, 3.63) is 12.5 Å². The Morgan fingerprint density at radius 1 is 1.50 bits per heavy atom. The molecule has 10 heavy (non-hydrogen) atoms. The standard InChI is InChI=1S/C5H10INO3/c6-3-4(5(9)10)7-1-2-8/h1-2,4-5,7-10H,3H2/b2-1-. The molecule has 0 aromatic heterocycles. The molecule has 0 amide bonds. The maximum Gasteiger partial charge on any atom is 0.172 e. The zero-order valence-corrected chi connectivity index (χ0v) is 7.39. The van der Waals surface area contributed by atoms with Gasteiger partial charge in [0.05, 0.1) is 12.3 Å². The van der Waals surface area contributed by atoms with Crippen molar-refractivity contribution in [2.75, 3.05) is 4.43 Å². The average Bonchev–Trinajstić information content (AvgIpc) is 1.89. The average molecular weight is 259 g/mol. The van der Waals surface area contributed by atoms with Gasteiger partial charge in [0.15, 0.2) is 6.29 Å². The van der Waals surface area contributed by atoms with Gasteiger partial charge in [-0.2, -0.15) is 0 Å². The van der Waals surface area contributed by atoms with Crippen LogP contribution < -0.4 is 5.32 Å². The van der Waals surface area contributed by atoms with Crippen molar-refractivity contribution in [3.8, 4) is 0 Å². The summed E-state index contributed by atoms with van der Waals surface area (Å²) in [4.78, 5) is 0. The van der Waals surface area contributed by atoms with E-state index >= 15 is 0 Å². The van der Waals surface area contributed by atoms with Gasteiger partial charge in [0.1, 0.15) is 0 Å². The molecule has 1 atom stereocenters. The summed E-state index contributed by atoms with van der Waals surface area (Å²) in [6.45, 7) is 0. The fourth-order valence-corrected chi connectivity index (χ4v) is 1.09. The Morgan fingerprint density at radius 3 is 2.40 bits per heavy atom. The molecule has 0 heterocycles. The van der Waals surface area contributed by atoms with Gasteiger partial charge in [-0.3, -0.25) is 0 Å². The molecule has 4 N–H and O–H groups in total. The first-order chi connectivity index (χ1) is 4.72. The SMILES string of the molecule is O/C=C\NC(CI)C(O)O. The first kappa shape index (κ1) is 9.99. The highest BCUT2D eigenvalue weighted by Gasteiger charge is 2.11. The predicted octanol–water partition coefficient (Wildman–Crippen LogP) is -0.281.